The minimum absolute atomic E-state index is 0.181. The highest BCUT2D eigenvalue weighted by Gasteiger charge is 2.08. The van der Waals surface area contributed by atoms with Gasteiger partial charge in [0, 0.05) is 17.5 Å². The van der Waals surface area contributed by atoms with E-state index in [1.165, 1.54) is 6.08 Å². The fraction of sp³-hybridized carbons (Fsp3) is 0.188. The Morgan fingerprint density at radius 3 is 2.60 bits per heavy atom. The highest BCUT2D eigenvalue weighted by atomic mass is 16.3. The Balaban J connectivity index is 2.13. The van der Waals surface area contributed by atoms with Crippen molar-refractivity contribution in [1.29, 1.82) is 0 Å². The predicted molar refractivity (Wildman–Crippen MR) is 78.0 cm³/mol. The quantitative estimate of drug-likeness (QED) is 0.504. The molecule has 0 amide bonds. The Hall–Kier alpha value is -2.49. The number of carbonyl (C=O) groups is 1. The van der Waals surface area contributed by atoms with E-state index in [9.17, 15) is 9.90 Å². The molecule has 0 aliphatic heterocycles. The summed E-state index contributed by atoms with van der Waals surface area (Å²) in [4.78, 5) is 11.9. The molecule has 0 saturated carbocycles. The van der Waals surface area contributed by atoms with Crippen LogP contribution in [0.5, 0.6) is 5.75 Å². The Bertz CT molecular complexity index is 668. The van der Waals surface area contributed by atoms with Crippen molar-refractivity contribution in [3.8, 4) is 5.75 Å². The SMILES string of the molecule is C/C(=C\C(=O)c1ccc(C)o1)Nc1ccc(O)cc1C. The molecule has 1 aromatic carbocycles. The van der Waals surface area contributed by atoms with Gasteiger partial charge in [-0.15, -0.1) is 0 Å². The van der Waals surface area contributed by atoms with Crippen molar-refractivity contribution < 1.29 is 14.3 Å². The standard InChI is InChI=1S/C16H17NO3/c1-10-8-13(18)5-6-14(10)17-11(2)9-15(19)16-7-4-12(3)20-16/h4-9,17-18H,1-3H3/b11-9+. The number of aromatic hydroxyl groups is 1. The Morgan fingerprint density at radius 2 is 2.00 bits per heavy atom. The second-order valence-electron chi connectivity index (χ2n) is 4.73. The Morgan fingerprint density at radius 1 is 1.25 bits per heavy atom. The van der Waals surface area contributed by atoms with Crippen LogP contribution in [-0.2, 0) is 0 Å². The molecule has 0 spiro atoms. The zero-order valence-corrected chi connectivity index (χ0v) is 11.7. The molecule has 1 aromatic heterocycles. The zero-order valence-electron chi connectivity index (χ0n) is 11.7. The first-order valence-corrected chi connectivity index (χ1v) is 6.31. The minimum Gasteiger partial charge on any atom is -0.508 e. The molecule has 4 heteroatoms. The number of rotatable bonds is 4. The van der Waals surface area contributed by atoms with Crippen molar-refractivity contribution in [3.05, 3.63) is 59.2 Å². The van der Waals surface area contributed by atoms with Gasteiger partial charge in [-0.05, 0) is 56.7 Å². The number of allylic oxidation sites excluding steroid dienone is 2. The molecule has 2 aromatic rings. The molecule has 0 unspecified atom stereocenters. The number of carbonyl (C=O) groups excluding carboxylic acids is 1. The number of nitrogens with one attached hydrogen (secondary N) is 1. The van der Waals surface area contributed by atoms with E-state index in [0.717, 1.165) is 11.3 Å². The number of phenols is 1. The van der Waals surface area contributed by atoms with Crippen LogP contribution in [-0.4, -0.2) is 10.9 Å². The van der Waals surface area contributed by atoms with Crippen molar-refractivity contribution in [2.24, 2.45) is 0 Å². The summed E-state index contributed by atoms with van der Waals surface area (Å²) >= 11 is 0. The lowest BCUT2D eigenvalue weighted by molar-refractivity contribution is 0.102. The third-order valence-electron chi connectivity index (χ3n) is 2.87. The summed E-state index contributed by atoms with van der Waals surface area (Å²) in [5.41, 5.74) is 2.46. The normalized spacial score (nSPS) is 11.4. The molecule has 0 saturated heterocycles. The Kier molecular flexibility index (Phi) is 3.94. The lowest BCUT2D eigenvalue weighted by atomic mass is 10.2. The van der Waals surface area contributed by atoms with Gasteiger partial charge in [-0.2, -0.15) is 0 Å². The van der Waals surface area contributed by atoms with Gasteiger partial charge >= 0.3 is 0 Å². The van der Waals surface area contributed by atoms with Crippen LogP contribution >= 0.6 is 0 Å². The molecule has 20 heavy (non-hydrogen) atoms. The van der Waals surface area contributed by atoms with Gasteiger partial charge < -0.3 is 14.8 Å². The third-order valence-corrected chi connectivity index (χ3v) is 2.87. The molecule has 0 fully saturated rings. The Labute approximate surface area is 117 Å². The number of anilines is 1. The van der Waals surface area contributed by atoms with E-state index in [-0.39, 0.29) is 11.5 Å². The van der Waals surface area contributed by atoms with Crippen LogP contribution < -0.4 is 5.32 Å². The van der Waals surface area contributed by atoms with Crippen molar-refractivity contribution in [1.82, 2.24) is 0 Å². The largest absolute Gasteiger partial charge is 0.508 e. The van der Waals surface area contributed by atoms with Crippen LogP contribution in [0.3, 0.4) is 0 Å². The monoisotopic (exact) mass is 271 g/mol. The first-order chi connectivity index (χ1) is 9.45. The molecule has 0 bridgehead atoms. The van der Waals surface area contributed by atoms with E-state index in [1.54, 1.807) is 44.2 Å². The van der Waals surface area contributed by atoms with Crippen LogP contribution in [0, 0.1) is 13.8 Å². The fourth-order valence-electron chi connectivity index (χ4n) is 1.87. The summed E-state index contributed by atoms with van der Waals surface area (Å²) in [6, 6.07) is 8.44. The van der Waals surface area contributed by atoms with E-state index in [4.69, 9.17) is 4.42 Å². The van der Waals surface area contributed by atoms with Gasteiger partial charge in [0.1, 0.15) is 11.5 Å². The molecule has 0 aliphatic rings. The van der Waals surface area contributed by atoms with Crippen molar-refractivity contribution >= 4 is 11.5 Å². The maximum absolute atomic E-state index is 11.9. The lowest BCUT2D eigenvalue weighted by Gasteiger charge is -2.09. The molecule has 0 atom stereocenters. The maximum Gasteiger partial charge on any atom is 0.222 e. The van der Waals surface area contributed by atoms with Gasteiger partial charge in [0.15, 0.2) is 5.76 Å². The van der Waals surface area contributed by atoms with Crippen LogP contribution in [0.4, 0.5) is 5.69 Å². The van der Waals surface area contributed by atoms with Crippen molar-refractivity contribution in [2.45, 2.75) is 20.8 Å². The van der Waals surface area contributed by atoms with Gasteiger partial charge in [0.25, 0.3) is 0 Å². The number of hydrogen-bond acceptors (Lipinski definition) is 4. The van der Waals surface area contributed by atoms with Crippen molar-refractivity contribution in [3.63, 3.8) is 0 Å². The molecular formula is C16H17NO3. The van der Waals surface area contributed by atoms with Gasteiger partial charge in [0.2, 0.25) is 5.78 Å². The summed E-state index contributed by atoms with van der Waals surface area (Å²) in [6.45, 7) is 5.48. The van der Waals surface area contributed by atoms with Crippen LogP contribution in [0.1, 0.15) is 28.8 Å². The topological polar surface area (TPSA) is 62.5 Å². The minimum atomic E-state index is -0.181. The van der Waals surface area contributed by atoms with E-state index < -0.39 is 0 Å². The highest BCUT2D eigenvalue weighted by Crippen LogP contribution is 2.21. The summed E-state index contributed by atoms with van der Waals surface area (Å²) in [5.74, 6) is 1.07. The first-order valence-electron chi connectivity index (χ1n) is 6.31. The average Bonchev–Trinajstić information content (AvgIpc) is 2.79. The summed E-state index contributed by atoms with van der Waals surface area (Å²) in [6.07, 6.45) is 1.49. The molecule has 4 nitrogen and oxygen atoms in total. The predicted octanol–water partition coefficient (Wildman–Crippen LogP) is 3.80. The van der Waals surface area contributed by atoms with E-state index in [0.29, 0.717) is 17.2 Å². The van der Waals surface area contributed by atoms with E-state index in [2.05, 4.69) is 5.32 Å². The molecule has 0 aliphatic carbocycles. The molecule has 2 rings (SSSR count). The smallest absolute Gasteiger partial charge is 0.222 e. The van der Waals surface area contributed by atoms with Crippen LogP contribution in [0.25, 0.3) is 0 Å². The molecule has 104 valence electrons. The number of phenolic OH excluding ortho intramolecular Hbond substituents is 1. The zero-order chi connectivity index (χ0) is 14.7. The summed E-state index contributed by atoms with van der Waals surface area (Å²) in [5, 5.41) is 12.5. The second kappa shape index (κ2) is 5.65. The van der Waals surface area contributed by atoms with Crippen molar-refractivity contribution in [2.75, 3.05) is 5.32 Å². The molecule has 1 heterocycles. The molecule has 2 N–H and O–H groups in total. The first kappa shape index (κ1) is 13.9. The van der Waals surface area contributed by atoms with Crippen LogP contribution in [0.2, 0.25) is 0 Å². The lowest BCUT2D eigenvalue weighted by Crippen LogP contribution is -2.01. The van der Waals surface area contributed by atoms with Gasteiger partial charge in [-0.1, -0.05) is 0 Å². The highest BCUT2D eigenvalue weighted by molar-refractivity contribution is 6.03. The van der Waals surface area contributed by atoms with Gasteiger partial charge in [-0.3, -0.25) is 4.79 Å². The van der Waals surface area contributed by atoms with Gasteiger partial charge in [-0.25, -0.2) is 0 Å². The summed E-state index contributed by atoms with van der Waals surface area (Å²) in [7, 11) is 0. The fourth-order valence-corrected chi connectivity index (χ4v) is 1.87. The number of aryl methyl sites for hydroxylation is 2. The summed E-state index contributed by atoms with van der Waals surface area (Å²) < 4.78 is 5.28. The molecular weight excluding hydrogens is 254 g/mol. The number of hydrogen-bond donors (Lipinski definition) is 2. The molecule has 0 radical (unpaired) electrons. The number of ketones is 1. The maximum atomic E-state index is 11.9. The number of benzene rings is 1. The van der Waals surface area contributed by atoms with E-state index >= 15 is 0 Å². The second-order valence-corrected chi connectivity index (χ2v) is 4.73. The average molecular weight is 271 g/mol. The van der Waals surface area contributed by atoms with Gasteiger partial charge in [0.05, 0.1) is 0 Å². The third kappa shape index (κ3) is 3.29. The number of furan rings is 1. The van der Waals surface area contributed by atoms with E-state index in [1.807, 2.05) is 6.92 Å². The van der Waals surface area contributed by atoms with Crippen LogP contribution in [0.15, 0.2) is 46.5 Å².